The summed E-state index contributed by atoms with van der Waals surface area (Å²) >= 11 is 0. The van der Waals surface area contributed by atoms with Crippen LogP contribution in [0.1, 0.15) is 22.8 Å². The summed E-state index contributed by atoms with van der Waals surface area (Å²) in [4.78, 5) is 11.0. The number of ether oxygens (including phenoxy) is 1. The van der Waals surface area contributed by atoms with Crippen LogP contribution >= 0.6 is 0 Å². The van der Waals surface area contributed by atoms with Gasteiger partial charge in [0.05, 0.1) is 12.8 Å². The first-order chi connectivity index (χ1) is 8.63. The molecule has 1 aromatic heterocycles. The van der Waals surface area contributed by atoms with Gasteiger partial charge < -0.3 is 14.4 Å². The molecule has 0 radical (unpaired) electrons. The van der Waals surface area contributed by atoms with Gasteiger partial charge in [-0.1, -0.05) is 5.16 Å². The van der Waals surface area contributed by atoms with Gasteiger partial charge in [-0.3, -0.25) is 0 Å². The maximum absolute atomic E-state index is 11.0. The summed E-state index contributed by atoms with van der Waals surface area (Å²) in [7, 11) is 0. The lowest BCUT2D eigenvalue weighted by atomic mass is 10.1. The van der Waals surface area contributed by atoms with Crippen LogP contribution in [0.3, 0.4) is 0 Å². The monoisotopic (exact) mass is 247 g/mol. The maximum atomic E-state index is 11.0. The summed E-state index contributed by atoms with van der Waals surface area (Å²) in [5, 5.41) is 12.5. The van der Waals surface area contributed by atoms with E-state index in [1.165, 1.54) is 6.20 Å². The quantitative estimate of drug-likeness (QED) is 0.899. The molecule has 1 heterocycles. The van der Waals surface area contributed by atoms with Crippen molar-refractivity contribution in [3.8, 4) is 17.1 Å². The first-order valence-corrected chi connectivity index (χ1v) is 5.55. The Morgan fingerprint density at radius 1 is 1.50 bits per heavy atom. The summed E-state index contributed by atoms with van der Waals surface area (Å²) in [5.41, 5.74) is 1.64. The molecular weight excluding hydrogens is 234 g/mol. The van der Waals surface area contributed by atoms with Gasteiger partial charge in [0.1, 0.15) is 11.3 Å². The third kappa shape index (κ3) is 2.20. The topological polar surface area (TPSA) is 72.6 Å². The Morgan fingerprint density at radius 2 is 2.28 bits per heavy atom. The fourth-order valence-corrected chi connectivity index (χ4v) is 1.71. The minimum absolute atomic E-state index is 0.0542. The van der Waals surface area contributed by atoms with Crippen molar-refractivity contribution in [2.45, 2.75) is 13.8 Å². The van der Waals surface area contributed by atoms with Crippen molar-refractivity contribution in [2.24, 2.45) is 0 Å². The summed E-state index contributed by atoms with van der Waals surface area (Å²) < 4.78 is 10.4. The smallest absolute Gasteiger partial charge is 0.341 e. The van der Waals surface area contributed by atoms with E-state index in [1.54, 1.807) is 12.1 Å². The van der Waals surface area contributed by atoms with E-state index in [9.17, 15) is 4.79 Å². The lowest BCUT2D eigenvalue weighted by molar-refractivity contribution is 0.0697. The number of aromatic nitrogens is 1. The van der Waals surface area contributed by atoms with E-state index in [4.69, 9.17) is 14.4 Å². The largest absolute Gasteiger partial charge is 0.494 e. The predicted molar refractivity (Wildman–Crippen MR) is 64.8 cm³/mol. The minimum Gasteiger partial charge on any atom is -0.494 e. The van der Waals surface area contributed by atoms with Gasteiger partial charge in [0.25, 0.3) is 0 Å². The van der Waals surface area contributed by atoms with Crippen LogP contribution in [0.4, 0.5) is 0 Å². The van der Waals surface area contributed by atoms with Crippen molar-refractivity contribution in [3.63, 3.8) is 0 Å². The molecule has 0 saturated heterocycles. The zero-order valence-electron chi connectivity index (χ0n) is 10.1. The van der Waals surface area contributed by atoms with Crippen LogP contribution in [-0.4, -0.2) is 22.8 Å². The van der Waals surface area contributed by atoms with Crippen LogP contribution in [0.5, 0.6) is 5.75 Å². The summed E-state index contributed by atoms with van der Waals surface area (Å²) in [6.45, 7) is 4.39. The molecule has 2 aromatic rings. The molecule has 0 aliphatic rings. The lowest BCUT2D eigenvalue weighted by Crippen LogP contribution is -1.97. The van der Waals surface area contributed by atoms with E-state index < -0.39 is 5.97 Å². The molecule has 0 unspecified atom stereocenters. The molecule has 0 spiro atoms. The second-order valence-corrected chi connectivity index (χ2v) is 3.79. The third-order valence-electron chi connectivity index (χ3n) is 2.54. The van der Waals surface area contributed by atoms with Crippen LogP contribution < -0.4 is 4.74 Å². The number of benzene rings is 1. The van der Waals surface area contributed by atoms with Gasteiger partial charge in [-0.15, -0.1) is 0 Å². The van der Waals surface area contributed by atoms with Gasteiger partial charge in [0.2, 0.25) is 0 Å². The summed E-state index contributed by atoms with van der Waals surface area (Å²) in [6.07, 6.45) is 1.20. The number of carbonyl (C=O) groups is 1. The van der Waals surface area contributed by atoms with E-state index in [0.29, 0.717) is 12.2 Å². The van der Waals surface area contributed by atoms with Gasteiger partial charge in [-0.2, -0.15) is 0 Å². The Hall–Kier alpha value is -2.30. The van der Waals surface area contributed by atoms with E-state index in [-0.39, 0.29) is 11.3 Å². The molecule has 0 bridgehead atoms. The van der Waals surface area contributed by atoms with Crippen LogP contribution in [0, 0.1) is 6.92 Å². The lowest BCUT2D eigenvalue weighted by Gasteiger charge is -2.07. The molecule has 2 rings (SSSR count). The Bertz CT molecular complexity index is 574. The highest BCUT2D eigenvalue weighted by molar-refractivity contribution is 5.93. The highest BCUT2D eigenvalue weighted by atomic mass is 16.5. The number of hydrogen-bond donors (Lipinski definition) is 1. The first-order valence-electron chi connectivity index (χ1n) is 5.55. The van der Waals surface area contributed by atoms with Gasteiger partial charge in [-0.25, -0.2) is 4.79 Å². The summed E-state index contributed by atoms with van der Waals surface area (Å²) in [5.74, 6) is -0.0240. The van der Waals surface area contributed by atoms with Crippen molar-refractivity contribution in [3.05, 3.63) is 35.5 Å². The third-order valence-corrected chi connectivity index (χ3v) is 2.54. The van der Waals surface area contributed by atoms with Crippen molar-refractivity contribution in [2.75, 3.05) is 6.61 Å². The molecule has 1 N–H and O–H groups in total. The number of rotatable bonds is 4. The number of carboxylic acid groups (broad SMARTS) is 1. The van der Waals surface area contributed by atoms with Crippen LogP contribution in [0.25, 0.3) is 11.3 Å². The molecule has 5 heteroatoms. The number of hydrogen-bond acceptors (Lipinski definition) is 4. The molecule has 0 fully saturated rings. The SMILES string of the molecule is CCOc1ccc(-c2oncc2C(=O)O)cc1C. The van der Waals surface area contributed by atoms with Crippen molar-refractivity contribution in [1.29, 1.82) is 0 Å². The van der Waals surface area contributed by atoms with Crippen molar-refractivity contribution < 1.29 is 19.2 Å². The average Bonchev–Trinajstić information content (AvgIpc) is 2.81. The molecule has 1 aromatic carbocycles. The Kier molecular flexibility index (Phi) is 3.32. The molecular formula is C13H13NO4. The fourth-order valence-electron chi connectivity index (χ4n) is 1.71. The van der Waals surface area contributed by atoms with Crippen molar-refractivity contribution in [1.82, 2.24) is 5.16 Å². The number of nitrogens with zero attached hydrogens (tertiary/aromatic N) is 1. The zero-order valence-corrected chi connectivity index (χ0v) is 10.1. The second-order valence-electron chi connectivity index (χ2n) is 3.79. The van der Waals surface area contributed by atoms with Crippen LogP contribution in [0.15, 0.2) is 28.9 Å². The van der Waals surface area contributed by atoms with Gasteiger partial charge in [-0.05, 0) is 37.6 Å². The van der Waals surface area contributed by atoms with Gasteiger partial charge in [0, 0.05) is 5.56 Å². The Morgan fingerprint density at radius 3 is 2.89 bits per heavy atom. The van der Waals surface area contributed by atoms with Gasteiger partial charge >= 0.3 is 5.97 Å². The molecule has 0 saturated carbocycles. The van der Waals surface area contributed by atoms with E-state index in [1.807, 2.05) is 19.9 Å². The molecule has 18 heavy (non-hydrogen) atoms. The minimum atomic E-state index is -1.06. The van der Waals surface area contributed by atoms with E-state index in [0.717, 1.165) is 11.3 Å². The molecule has 0 atom stereocenters. The van der Waals surface area contributed by atoms with Crippen LogP contribution in [-0.2, 0) is 0 Å². The number of aryl methyl sites for hydroxylation is 1. The first kappa shape index (κ1) is 12.2. The standard InChI is InChI=1S/C13H13NO4/c1-3-17-11-5-4-9(6-8(11)2)12-10(13(15)16)7-14-18-12/h4-7H,3H2,1-2H3,(H,15,16). The number of aromatic carboxylic acids is 1. The Balaban J connectivity index is 2.42. The van der Waals surface area contributed by atoms with E-state index in [2.05, 4.69) is 5.16 Å². The van der Waals surface area contributed by atoms with Crippen LogP contribution in [0.2, 0.25) is 0 Å². The average molecular weight is 247 g/mol. The fraction of sp³-hybridized carbons (Fsp3) is 0.231. The normalized spacial score (nSPS) is 10.3. The van der Waals surface area contributed by atoms with Crippen molar-refractivity contribution >= 4 is 5.97 Å². The van der Waals surface area contributed by atoms with E-state index >= 15 is 0 Å². The predicted octanol–water partition coefficient (Wildman–Crippen LogP) is 2.75. The maximum Gasteiger partial charge on any atom is 0.341 e. The highest BCUT2D eigenvalue weighted by Crippen LogP contribution is 2.28. The van der Waals surface area contributed by atoms with Gasteiger partial charge in [0.15, 0.2) is 5.76 Å². The molecule has 0 aliphatic heterocycles. The second kappa shape index (κ2) is 4.91. The molecule has 94 valence electrons. The zero-order chi connectivity index (χ0) is 13.1. The number of carboxylic acids is 1. The molecule has 5 nitrogen and oxygen atoms in total. The summed E-state index contributed by atoms with van der Waals surface area (Å²) in [6, 6.07) is 5.37. The molecule has 0 aliphatic carbocycles. The molecule has 0 amide bonds. The highest BCUT2D eigenvalue weighted by Gasteiger charge is 2.17. The Labute approximate surface area is 104 Å².